The van der Waals surface area contributed by atoms with Crippen molar-refractivity contribution in [2.75, 3.05) is 19.0 Å². The van der Waals surface area contributed by atoms with Crippen molar-refractivity contribution in [1.82, 2.24) is 19.5 Å². The van der Waals surface area contributed by atoms with E-state index in [9.17, 15) is 23.1 Å². The van der Waals surface area contributed by atoms with E-state index in [0.717, 1.165) is 5.56 Å². The first kappa shape index (κ1) is 25.9. The van der Waals surface area contributed by atoms with E-state index in [0.29, 0.717) is 0 Å². The number of aryl methyl sites for hydroxylation is 1. The van der Waals surface area contributed by atoms with Crippen LogP contribution in [0.25, 0.3) is 11.2 Å². The topological polar surface area (TPSA) is 175 Å². The van der Waals surface area contributed by atoms with Gasteiger partial charge in [0.2, 0.25) is 11.9 Å². The number of ether oxygens (including phenoxy) is 2. The van der Waals surface area contributed by atoms with Crippen LogP contribution in [0.4, 0.5) is 5.95 Å². The van der Waals surface area contributed by atoms with Crippen LogP contribution in [0, 0.1) is 12.8 Å². The second-order valence-electron chi connectivity index (χ2n) is 8.69. The van der Waals surface area contributed by atoms with E-state index in [-0.39, 0.29) is 33.8 Å². The third-order valence-corrected chi connectivity index (χ3v) is 7.05. The number of rotatable bonds is 8. The lowest BCUT2D eigenvalue weighted by Crippen LogP contribution is -2.35. The first-order chi connectivity index (χ1) is 17.0. The number of aromatic amines is 1. The summed E-state index contributed by atoms with van der Waals surface area (Å²) in [5.74, 6) is -0.776. The number of methoxy groups -OCH3 is 1. The van der Waals surface area contributed by atoms with E-state index < -0.39 is 46.8 Å². The molecule has 0 bridgehead atoms. The Morgan fingerprint density at radius 1 is 1.31 bits per heavy atom. The second kappa shape index (κ2) is 10.1. The fourth-order valence-electron chi connectivity index (χ4n) is 3.70. The maximum Gasteiger partial charge on any atom is 0.297 e. The Kier molecular flexibility index (Phi) is 7.24. The van der Waals surface area contributed by atoms with Gasteiger partial charge < -0.3 is 14.6 Å². The number of amides is 1. The first-order valence-corrected chi connectivity index (χ1v) is 12.5. The predicted octanol–water partition coefficient (Wildman–Crippen LogP) is 0.701. The molecule has 4 rings (SSSR count). The van der Waals surface area contributed by atoms with Crippen molar-refractivity contribution in [3.05, 3.63) is 46.5 Å². The summed E-state index contributed by atoms with van der Waals surface area (Å²) in [6, 6.07) is 6.14. The standard InChI is InChI=1S/C22H27N5O8S/c1-11(2)19(29)25-22-24-18-15(20(30)26-22)23-10-27(18)21-17(33-4)16(28)14(35-21)9-34-36(31,32)13-7-5-12(3)6-8-13/h5-8,10-11,14,16-17,21,28H,9H2,1-4H3,(H2,24,25,26,29,30)/t14-,16-,17-,21-/m1/s1. The molecule has 3 heterocycles. The molecule has 1 amide bonds. The van der Waals surface area contributed by atoms with Gasteiger partial charge in [0.25, 0.3) is 15.7 Å². The molecule has 4 atom stereocenters. The van der Waals surface area contributed by atoms with Crippen LogP contribution in [0.1, 0.15) is 25.6 Å². The number of nitrogens with zero attached hydrogens (tertiary/aromatic N) is 3. The van der Waals surface area contributed by atoms with Gasteiger partial charge >= 0.3 is 0 Å². The highest BCUT2D eigenvalue weighted by atomic mass is 32.2. The summed E-state index contributed by atoms with van der Waals surface area (Å²) in [5, 5.41) is 13.3. The lowest BCUT2D eigenvalue weighted by molar-refractivity contribution is -0.118. The summed E-state index contributed by atoms with van der Waals surface area (Å²) in [5.41, 5.74) is 0.355. The SMILES string of the molecule is CO[C@@H]1[C@H](O)[C@@H](COS(=O)(=O)c2ccc(C)cc2)O[C@H]1n1cnc2c(=O)[nH]c(NC(=O)C(C)C)nc21. The number of benzene rings is 1. The number of hydrogen-bond donors (Lipinski definition) is 3. The Hall–Kier alpha value is -3.17. The van der Waals surface area contributed by atoms with Gasteiger partial charge in [0, 0.05) is 13.0 Å². The predicted molar refractivity (Wildman–Crippen MR) is 127 cm³/mol. The number of aliphatic hydroxyl groups is 1. The van der Waals surface area contributed by atoms with Crippen LogP contribution in [0.5, 0.6) is 0 Å². The molecule has 1 aliphatic rings. The molecule has 0 radical (unpaired) electrons. The number of carbonyl (C=O) groups is 1. The number of carbonyl (C=O) groups excluding carboxylic acids is 1. The molecule has 2 aromatic heterocycles. The van der Waals surface area contributed by atoms with Crippen LogP contribution in [-0.4, -0.2) is 71.0 Å². The third-order valence-electron chi connectivity index (χ3n) is 5.75. The molecular formula is C22H27N5O8S. The highest BCUT2D eigenvalue weighted by Crippen LogP contribution is 2.33. The van der Waals surface area contributed by atoms with Crippen LogP contribution < -0.4 is 10.9 Å². The van der Waals surface area contributed by atoms with Gasteiger partial charge in [-0.1, -0.05) is 31.5 Å². The molecule has 1 aromatic carbocycles. The zero-order chi connectivity index (χ0) is 26.2. The highest BCUT2D eigenvalue weighted by Gasteiger charge is 2.46. The Bertz CT molecular complexity index is 1420. The van der Waals surface area contributed by atoms with E-state index in [2.05, 4.69) is 20.3 Å². The van der Waals surface area contributed by atoms with E-state index in [1.165, 1.54) is 30.1 Å². The molecule has 0 saturated carbocycles. The molecule has 0 aliphatic carbocycles. The summed E-state index contributed by atoms with van der Waals surface area (Å²) in [6.07, 6.45) is -3.05. The second-order valence-corrected chi connectivity index (χ2v) is 10.3. The first-order valence-electron chi connectivity index (χ1n) is 11.1. The molecule has 36 heavy (non-hydrogen) atoms. The van der Waals surface area contributed by atoms with Crippen LogP contribution in [0.2, 0.25) is 0 Å². The minimum atomic E-state index is -4.10. The smallest absolute Gasteiger partial charge is 0.297 e. The average Bonchev–Trinajstić information content (AvgIpc) is 3.38. The van der Waals surface area contributed by atoms with Crippen molar-refractivity contribution < 1.29 is 32.0 Å². The summed E-state index contributed by atoms with van der Waals surface area (Å²) in [6.45, 7) is 4.72. The van der Waals surface area contributed by atoms with E-state index in [1.807, 2.05) is 6.92 Å². The quantitative estimate of drug-likeness (QED) is 0.358. The minimum absolute atomic E-state index is 0.0212. The van der Waals surface area contributed by atoms with E-state index in [4.69, 9.17) is 13.7 Å². The van der Waals surface area contributed by atoms with Gasteiger partial charge in [-0.3, -0.25) is 28.6 Å². The Morgan fingerprint density at radius 3 is 2.64 bits per heavy atom. The molecule has 1 fully saturated rings. The summed E-state index contributed by atoms with van der Waals surface area (Å²) < 4.78 is 43.0. The van der Waals surface area contributed by atoms with Crippen molar-refractivity contribution in [2.24, 2.45) is 5.92 Å². The van der Waals surface area contributed by atoms with Crippen molar-refractivity contribution in [3.8, 4) is 0 Å². The Morgan fingerprint density at radius 2 is 2.00 bits per heavy atom. The number of aliphatic hydroxyl groups excluding tert-OH is 1. The summed E-state index contributed by atoms with van der Waals surface area (Å²) in [4.78, 5) is 35.3. The molecule has 0 unspecified atom stereocenters. The summed E-state index contributed by atoms with van der Waals surface area (Å²) >= 11 is 0. The van der Waals surface area contributed by atoms with Crippen LogP contribution in [-0.2, 0) is 28.6 Å². The van der Waals surface area contributed by atoms with Crippen molar-refractivity contribution in [3.63, 3.8) is 0 Å². The number of anilines is 1. The fourth-order valence-corrected chi connectivity index (χ4v) is 4.62. The van der Waals surface area contributed by atoms with E-state index >= 15 is 0 Å². The monoisotopic (exact) mass is 521 g/mol. The van der Waals surface area contributed by atoms with Gasteiger partial charge in [0.15, 0.2) is 17.4 Å². The molecule has 3 N–H and O–H groups in total. The van der Waals surface area contributed by atoms with Crippen molar-refractivity contribution in [2.45, 2.75) is 50.2 Å². The van der Waals surface area contributed by atoms with Crippen molar-refractivity contribution in [1.29, 1.82) is 0 Å². The van der Waals surface area contributed by atoms with Gasteiger partial charge in [-0.15, -0.1) is 0 Å². The lowest BCUT2D eigenvalue weighted by atomic mass is 10.1. The Labute approximate surface area is 206 Å². The van der Waals surface area contributed by atoms with E-state index in [1.54, 1.807) is 26.0 Å². The molecular weight excluding hydrogens is 494 g/mol. The highest BCUT2D eigenvalue weighted by molar-refractivity contribution is 7.86. The van der Waals surface area contributed by atoms with Gasteiger partial charge in [0.05, 0.1) is 17.8 Å². The fraction of sp³-hybridized carbons (Fsp3) is 0.455. The molecule has 1 saturated heterocycles. The van der Waals surface area contributed by atoms with Crippen LogP contribution >= 0.6 is 0 Å². The van der Waals surface area contributed by atoms with Crippen LogP contribution in [0.3, 0.4) is 0 Å². The van der Waals surface area contributed by atoms with Gasteiger partial charge in [-0.2, -0.15) is 13.4 Å². The van der Waals surface area contributed by atoms with Gasteiger partial charge in [-0.05, 0) is 19.1 Å². The maximum absolute atomic E-state index is 12.6. The number of fused-ring (bicyclic) bond motifs is 1. The van der Waals surface area contributed by atoms with Gasteiger partial charge in [-0.25, -0.2) is 4.98 Å². The molecule has 194 valence electrons. The number of nitrogens with one attached hydrogen (secondary N) is 2. The molecule has 3 aromatic rings. The lowest BCUT2D eigenvalue weighted by Gasteiger charge is -2.20. The number of H-pyrrole nitrogens is 1. The third kappa shape index (κ3) is 5.03. The zero-order valence-electron chi connectivity index (χ0n) is 20.0. The molecule has 13 nitrogen and oxygen atoms in total. The molecule has 14 heteroatoms. The van der Waals surface area contributed by atoms with Gasteiger partial charge in [0.1, 0.15) is 18.3 Å². The van der Waals surface area contributed by atoms with Crippen molar-refractivity contribution >= 4 is 33.1 Å². The molecule has 0 spiro atoms. The summed E-state index contributed by atoms with van der Waals surface area (Å²) in [7, 11) is -2.75. The maximum atomic E-state index is 12.6. The normalized spacial score (nSPS) is 22.4. The largest absolute Gasteiger partial charge is 0.387 e. The average molecular weight is 522 g/mol. The number of imidazole rings is 1. The Balaban J connectivity index is 1.58. The van der Waals surface area contributed by atoms with Crippen LogP contribution in [0.15, 0.2) is 40.3 Å². The minimum Gasteiger partial charge on any atom is -0.387 e. The number of aromatic nitrogens is 4. The number of hydrogen-bond acceptors (Lipinski definition) is 10. The molecule has 1 aliphatic heterocycles. The zero-order valence-corrected chi connectivity index (χ0v) is 20.9.